The summed E-state index contributed by atoms with van der Waals surface area (Å²) in [7, 11) is -3.54. The van der Waals surface area contributed by atoms with Crippen molar-refractivity contribution < 1.29 is 13.2 Å². The van der Waals surface area contributed by atoms with Crippen LogP contribution >= 0.6 is 11.3 Å². The van der Waals surface area contributed by atoms with Crippen LogP contribution in [-0.4, -0.2) is 41.9 Å². The third-order valence-electron chi connectivity index (χ3n) is 6.63. The number of hydrogen-bond donors (Lipinski definition) is 1. The Kier molecular flexibility index (Phi) is 7.27. The Balaban J connectivity index is 1.32. The minimum absolute atomic E-state index is 0.0883. The van der Waals surface area contributed by atoms with Crippen LogP contribution in [0.1, 0.15) is 81.2 Å². The molecule has 1 saturated heterocycles. The van der Waals surface area contributed by atoms with E-state index in [1.165, 1.54) is 34.9 Å². The van der Waals surface area contributed by atoms with Gasteiger partial charge in [0.25, 0.3) is 0 Å². The van der Waals surface area contributed by atoms with Gasteiger partial charge in [-0.1, -0.05) is 56.6 Å². The number of rotatable bonds is 6. The molecular weight excluding hydrogens is 444 g/mol. The Morgan fingerprint density at radius 1 is 1.03 bits per heavy atom. The first-order chi connectivity index (χ1) is 15.3. The van der Waals surface area contributed by atoms with Gasteiger partial charge in [-0.3, -0.25) is 4.79 Å². The molecule has 1 aliphatic heterocycles. The molecule has 0 spiro atoms. The van der Waals surface area contributed by atoms with E-state index in [-0.39, 0.29) is 11.8 Å². The van der Waals surface area contributed by atoms with Gasteiger partial charge in [0.15, 0.2) is 0 Å². The van der Waals surface area contributed by atoms with E-state index in [4.69, 9.17) is 0 Å². The van der Waals surface area contributed by atoms with Gasteiger partial charge in [0.1, 0.15) is 5.01 Å². The number of piperidine rings is 1. The molecule has 2 aliphatic rings. The second kappa shape index (κ2) is 9.97. The highest BCUT2D eigenvalue weighted by molar-refractivity contribution is 7.89. The first-order valence-corrected chi connectivity index (χ1v) is 13.8. The van der Waals surface area contributed by atoms with E-state index in [9.17, 15) is 13.2 Å². The van der Waals surface area contributed by atoms with Crippen LogP contribution < -0.4 is 5.32 Å². The maximum Gasteiger partial charge on any atom is 0.243 e. The third kappa shape index (κ3) is 5.21. The Morgan fingerprint density at radius 2 is 1.69 bits per heavy atom. The predicted molar refractivity (Wildman–Crippen MR) is 126 cm³/mol. The van der Waals surface area contributed by atoms with Gasteiger partial charge in [-0.05, 0) is 49.3 Å². The molecule has 2 aromatic rings. The highest BCUT2D eigenvalue weighted by atomic mass is 32.2. The van der Waals surface area contributed by atoms with E-state index in [0.29, 0.717) is 47.8 Å². The van der Waals surface area contributed by atoms with E-state index >= 15 is 0 Å². The number of sulfonamides is 1. The van der Waals surface area contributed by atoms with Crippen molar-refractivity contribution in [3.05, 3.63) is 34.8 Å². The van der Waals surface area contributed by atoms with Crippen molar-refractivity contribution in [2.45, 2.75) is 75.5 Å². The number of benzene rings is 1. The Labute approximate surface area is 194 Å². The number of carbonyl (C=O) groups is 1. The summed E-state index contributed by atoms with van der Waals surface area (Å²) in [6, 6.07) is 7.12. The molecule has 0 bridgehead atoms. The summed E-state index contributed by atoms with van der Waals surface area (Å²) in [4.78, 5) is 13.1. The van der Waals surface area contributed by atoms with Crippen molar-refractivity contribution in [2.24, 2.45) is 5.92 Å². The Hall–Kier alpha value is -1.84. The molecule has 1 N–H and O–H groups in total. The second-order valence-corrected chi connectivity index (χ2v) is 12.1. The minimum atomic E-state index is -3.54. The molecule has 1 aromatic carbocycles. The van der Waals surface area contributed by atoms with Gasteiger partial charge in [-0.25, -0.2) is 8.42 Å². The van der Waals surface area contributed by atoms with E-state index < -0.39 is 10.0 Å². The molecule has 1 aliphatic carbocycles. The van der Waals surface area contributed by atoms with Crippen LogP contribution in [0.15, 0.2) is 29.2 Å². The van der Waals surface area contributed by atoms with Crippen molar-refractivity contribution in [2.75, 3.05) is 18.4 Å². The maximum atomic E-state index is 13.0. The summed E-state index contributed by atoms with van der Waals surface area (Å²) in [6.45, 7) is 4.85. The van der Waals surface area contributed by atoms with Crippen LogP contribution in [0.25, 0.3) is 0 Å². The van der Waals surface area contributed by atoms with Crippen LogP contribution in [0.3, 0.4) is 0 Å². The third-order valence-corrected chi connectivity index (χ3v) is 9.55. The van der Waals surface area contributed by atoms with Crippen LogP contribution in [0.5, 0.6) is 0 Å². The molecule has 9 heteroatoms. The van der Waals surface area contributed by atoms with Crippen molar-refractivity contribution >= 4 is 32.4 Å². The van der Waals surface area contributed by atoms with Gasteiger partial charge in [0.05, 0.1) is 4.90 Å². The number of nitrogens with zero attached hydrogens (tertiary/aromatic N) is 3. The fourth-order valence-corrected chi connectivity index (χ4v) is 6.92. The van der Waals surface area contributed by atoms with Gasteiger partial charge >= 0.3 is 0 Å². The van der Waals surface area contributed by atoms with Gasteiger partial charge in [0.2, 0.25) is 21.1 Å². The summed E-state index contributed by atoms with van der Waals surface area (Å²) >= 11 is 1.48. The smallest absolute Gasteiger partial charge is 0.243 e. The zero-order valence-electron chi connectivity index (χ0n) is 18.8. The lowest BCUT2D eigenvalue weighted by Gasteiger charge is -2.30. The number of aromatic nitrogens is 2. The Bertz CT molecular complexity index is 1020. The monoisotopic (exact) mass is 476 g/mol. The van der Waals surface area contributed by atoms with E-state index in [1.807, 2.05) is 12.1 Å². The lowest BCUT2D eigenvalue weighted by molar-refractivity contribution is -0.120. The molecule has 1 saturated carbocycles. The van der Waals surface area contributed by atoms with Crippen LogP contribution in [0.4, 0.5) is 5.13 Å². The van der Waals surface area contributed by atoms with Gasteiger partial charge in [0, 0.05) is 24.9 Å². The molecule has 2 heterocycles. The van der Waals surface area contributed by atoms with E-state index in [2.05, 4.69) is 29.4 Å². The second-order valence-electron chi connectivity index (χ2n) is 9.17. The average Bonchev–Trinajstić information content (AvgIpc) is 3.28. The van der Waals surface area contributed by atoms with Gasteiger partial charge in [-0.15, -0.1) is 10.2 Å². The fraction of sp³-hybridized carbons (Fsp3) is 0.609. The summed E-state index contributed by atoms with van der Waals surface area (Å²) in [5.74, 6) is 0.518. The van der Waals surface area contributed by atoms with Crippen molar-refractivity contribution in [3.8, 4) is 0 Å². The zero-order valence-corrected chi connectivity index (χ0v) is 20.4. The first-order valence-electron chi connectivity index (χ1n) is 11.6. The number of nitrogens with one attached hydrogen (secondary N) is 1. The zero-order chi connectivity index (χ0) is 22.7. The molecule has 0 atom stereocenters. The average molecular weight is 477 g/mol. The number of carbonyl (C=O) groups excluding carboxylic acids is 1. The van der Waals surface area contributed by atoms with Crippen LogP contribution in [0.2, 0.25) is 0 Å². The first kappa shape index (κ1) is 23.3. The highest BCUT2D eigenvalue weighted by Crippen LogP contribution is 2.35. The summed E-state index contributed by atoms with van der Waals surface area (Å²) < 4.78 is 27.5. The van der Waals surface area contributed by atoms with Gasteiger partial charge < -0.3 is 5.32 Å². The number of amides is 1. The highest BCUT2D eigenvalue weighted by Gasteiger charge is 2.32. The fourth-order valence-electron chi connectivity index (χ4n) is 4.54. The molecule has 7 nitrogen and oxygen atoms in total. The number of anilines is 1. The standard InChI is InChI=1S/C23H32N4O3S2/c1-16(2)17-8-10-20(11-9-17)32(29,30)27-14-12-18(13-15-27)21(28)24-23-26-25-22(31-23)19-6-4-3-5-7-19/h8-11,16,18-19H,3-7,12-15H2,1-2H3,(H,24,26,28). The lowest BCUT2D eigenvalue weighted by Crippen LogP contribution is -2.41. The molecule has 32 heavy (non-hydrogen) atoms. The van der Waals surface area contributed by atoms with E-state index in [1.54, 1.807) is 12.1 Å². The summed E-state index contributed by atoms with van der Waals surface area (Å²) in [5.41, 5.74) is 1.11. The quantitative estimate of drug-likeness (QED) is 0.650. The minimum Gasteiger partial charge on any atom is -0.300 e. The van der Waals surface area contributed by atoms with Crippen LogP contribution in [-0.2, 0) is 14.8 Å². The van der Waals surface area contributed by atoms with Crippen molar-refractivity contribution in [3.63, 3.8) is 0 Å². The van der Waals surface area contributed by atoms with Crippen LogP contribution in [0, 0.1) is 5.92 Å². The SMILES string of the molecule is CC(C)c1ccc(S(=O)(=O)N2CCC(C(=O)Nc3nnc(C4CCCCC4)s3)CC2)cc1. The molecule has 1 amide bonds. The molecule has 0 unspecified atom stereocenters. The molecule has 2 fully saturated rings. The predicted octanol–water partition coefficient (Wildman–Crippen LogP) is 4.75. The molecule has 0 radical (unpaired) electrons. The largest absolute Gasteiger partial charge is 0.300 e. The van der Waals surface area contributed by atoms with Crippen molar-refractivity contribution in [1.29, 1.82) is 0 Å². The summed E-state index contributed by atoms with van der Waals surface area (Å²) in [5, 5.41) is 12.9. The lowest BCUT2D eigenvalue weighted by atomic mass is 9.90. The number of hydrogen-bond acceptors (Lipinski definition) is 6. The molecule has 174 valence electrons. The van der Waals surface area contributed by atoms with Gasteiger partial charge in [-0.2, -0.15) is 4.31 Å². The van der Waals surface area contributed by atoms with E-state index in [0.717, 1.165) is 23.4 Å². The maximum absolute atomic E-state index is 13.0. The van der Waals surface area contributed by atoms with Crippen molar-refractivity contribution in [1.82, 2.24) is 14.5 Å². The molecule has 4 rings (SSSR count). The molecular formula is C23H32N4O3S2. The molecule has 1 aromatic heterocycles. The normalized spacial score (nSPS) is 19.3. The topological polar surface area (TPSA) is 92.3 Å². The summed E-state index contributed by atoms with van der Waals surface area (Å²) in [6.07, 6.45) is 7.05. The Morgan fingerprint density at radius 3 is 2.31 bits per heavy atom.